The smallest absolute Gasteiger partial charge is 0.268 e. The van der Waals surface area contributed by atoms with Gasteiger partial charge in [-0.05, 0) is 29.8 Å². The third kappa shape index (κ3) is 3.61. The van der Waals surface area contributed by atoms with Crippen molar-refractivity contribution in [3.8, 4) is 11.3 Å². The summed E-state index contributed by atoms with van der Waals surface area (Å²) < 4.78 is 0. The number of carbonyl (C=O) groups is 1. The van der Waals surface area contributed by atoms with Gasteiger partial charge in [-0.25, -0.2) is 4.98 Å². The molecule has 0 aliphatic heterocycles. The Kier molecular flexibility index (Phi) is 4.76. The number of H-pyrrole nitrogens is 1. The van der Waals surface area contributed by atoms with Crippen molar-refractivity contribution in [2.24, 2.45) is 5.73 Å². The van der Waals surface area contributed by atoms with Crippen molar-refractivity contribution in [3.05, 3.63) is 63.7 Å². The van der Waals surface area contributed by atoms with E-state index in [1.807, 2.05) is 35.7 Å². The molecule has 0 aliphatic carbocycles. The maximum Gasteiger partial charge on any atom is 0.268 e. The summed E-state index contributed by atoms with van der Waals surface area (Å²) in [5, 5.41) is 6.22. The Morgan fingerprint density at radius 1 is 1.30 bits per heavy atom. The SMILES string of the molecule is NC[C@H](NC(=O)c1ccc(-c2ccc(Cl)cc2)[nH]1)c1nccs1. The Morgan fingerprint density at radius 3 is 2.74 bits per heavy atom. The first-order chi connectivity index (χ1) is 11.2. The van der Waals surface area contributed by atoms with Gasteiger partial charge in [0.15, 0.2) is 0 Å². The highest BCUT2D eigenvalue weighted by Gasteiger charge is 2.17. The first-order valence-corrected chi connectivity index (χ1v) is 8.28. The van der Waals surface area contributed by atoms with Crippen molar-refractivity contribution in [2.75, 3.05) is 6.54 Å². The standard InChI is InChI=1S/C16H15ClN4OS/c17-11-3-1-10(2-4-11)12-5-6-13(20-12)15(22)21-14(9-18)16-19-7-8-23-16/h1-8,14,20H,9,18H2,(H,21,22)/t14-/m0/s1. The molecule has 1 atom stereocenters. The molecule has 118 valence electrons. The molecule has 2 heterocycles. The lowest BCUT2D eigenvalue weighted by molar-refractivity contribution is 0.0933. The molecule has 3 rings (SSSR count). The second kappa shape index (κ2) is 6.95. The quantitative estimate of drug-likeness (QED) is 0.663. The maximum atomic E-state index is 12.4. The highest BCUT2D eigenvalue weighted by atomic mass is 35.5. The van der Waals surface area contributed by atoms with Gasteiger partial charge in [-0.1, -0.05) is 23.7 Å². The number of rotatable bonds is 5. The molecule has 0 bridgehead atoms. The number of hydrogen-bond donors (Lipinski definition) is 3. The molecule has 0 aliphatic rings. The molecule has 0 saturated carbocycles. The number of nitrogens with zero attached hydrogens (tertiary/aromatic N) is 1. The number of thiazole rings is 1. The molecule has 0 spiro atoms. The first-order valence-electron chi connectivity index (χ1n) is 7.02. The van der Waals surface area contributed by atoms with Crippen LogP contribution < -0.4 is 11.1 Å². The molecule has 4 N–H and O–H groups in total. The van der Waals surface area contributed by atoms with Crippen LogP contribution in [0.15, 0.2) is 48.0 Å². The molecule has 0 saturated heterocycles. The van der Waals surface area contributed by atoms with Crippen LogP contribution >= 0.6 is 22.9 Å². The van der Waals surface area contributed by atoms with Crippen LogP contribution in [0, 0.1) is 0 Å². The minimum atomic E-state index is -0.287. The van der Waals surface area contributed by atoms with E-state index in [2.05, 4.69) is 15.3 Å². The predicted molar refractivity (Wildman–Crippen MR) is 92.6 cm³/mol. The normalized spacial score (nSPS) is 12.1. The van der Waals surface area contributed by atoms with E-state index in [-0.39, 0.29) is 11.9 Å². The Balaban J connectivity index is 1.74. The number of benzene rings is 1. The van der Waals surface area contributed by atoms with Crippen molar-refractivity contribution in [1.29, 1.82) is 0 Å². The topological polar surface area (TPSA) is 83.8 Å². The highest BCUT2D eigenvalue weighted by molar-refractivity contribution is 7.09. The second-order valence-corrected chi connectivity index (χ2v) is 6.29. The summed E-state index contributed by atoms with van der Waals surface area (Å²) in [6.07, 6.45) is 1.70. The number of nitrogens with two attached hydrogens (primary N) is 1. The summed E-state index contributed by atoms with van der Waals surface area (Å²) in [6, 6.07) is 10.7. The summed E-state index contributed by atoms with van der Waals surface area (Å²) in [5.74, 6) is -0.212. The van der Waals surface area contributed by atoms with Crippen LogP contribution in [-0.2, 0) is 0 Å². The number of carbonyl (C=O) groups excluding carboxylic acids is 1. The van der Waals surface area contributed by atoms with E-state index >= 15 is 0 Å². The van der Waals surface area contributed by atoms with Crippen molar-refractivity contribution in [1.82, 2.24) is 15.3 Å². The average molecular weight is 347 g/mol. The minimum absolute atomic E-state index is 0.212. The lowest BCUT2D eigenvalue weighted by atomic mass is 10.2. The van der Waals surface area contributed by atoms with Crippen LogP contribution in [0.5, 0.6) is 0 Å². The van der Waals surface area contributed by atoms with E-state index in [1.54, 1.807) is 12.3 Å². The molecule has 0 fully saturated rings. The largest absolute Gasteiger partial charge is 0.351 e. The number of aromatic amines is 1. The number of hydrogen-bond acceptors (Lipinski definition) is 4. The van der Waals surface area contributed by atoms with Gasteiger partial charge in [0.2, 0.25) is 0 Å². The Morgan fingerprint density at radius 2 is 2.09 bits per heavy atom. The summed E-state index contributed by atoms with van der Waals surface area (Å²) in [6.45, 7) is 0.296. The summed E-state index contributed by atoms with van der Waals surface area (Å²) >= 11 is 7.35. The number of amides is 1. The van der Waals surface area contributed by atoms with Crippen LogP contribution in [0.2, 0.25) is 5.02 Å². The van der Waals surface area contributed by atoms with Crippen LogP contribution in [0.25, 0.3) is 11.3 Å². The van der Waals surface area contributed by atoms with Gasteiger partial charge < -0.3 is 16.0 Å². The van der Waals surface area contributed by atoms with Gasteiger partial charge in [0.1, 0.15) is 10.7 Å². The van der Waals surface area contributed by atoms with Gasteiger partial charge in [0, 0.05) is 28.8 Å². The van der Waals surface area contributed by atoms with Crippen LogP contribution in [-0.4, -0.2) is 22.4 Å². The number of aromatic nitrogens is 2. The molecule has 3 aromatic rings. The van der Waals surface area contributed by atoms with Gasteiger partial charge >= 0.3 is 0 Å². The highest BCUT2D eigenvalue weighted by Crippen LogP contribution is 2.21. The molecular weight excluding hydrogens is 332 g/mol. The molecule has 2 aromatic heterocycles. The summed E-state index contributed by atoms with van der Waals surface area (Å²) in [7, 11) is 0. The molecule has 23 heavy (non-hydrogen) atoms. The van der Waals surface area contributed by atoms with Gasteiger partial charge in [-0.15, -0.1) is 11.3 Å². The van der Waals surface area contributed by atoms with E-state index < -0.39 is 0 Å². The first kappa shape index (κ1) is 15.7. The summed E-state index contributed by atoms with van der Waals surface area (Å²) in [5.41, 5.74) is 8.02. The van der Waals surface area contributed by atoms with E-state index in [1.165, 1.54) is 11.3 Å². The molecule has 5 nitrogen and oxygen atoms in total. The zero-order chi connectivity index (χ0) is 16.2. The number of halogens is 1. The van der Waals surface area contributed by atoms with Crippen LogP contribution in [0.3, 0.4) is 0 Å². The summed E-state index contributed by atoms with van der Waals surface area (Å²) in [4.78, 5) is 19.7. The Hall–Kier alpha value is -2.15. The lowest BCUT2D eigenvalue weighted by Crippen LogP contribution is -2.33. The fourth-order valence-electron chi connectivity index (χ4n) is 2.19. The van der Waals surface area contributed by atoms with Crippen molar-refractivity contribution in [2.45, 2.75) is 6.04 Å². The van der Waals surface area contributed by atoms with E-state index in [4.69, 9.17) is 17.3 Å². The molecule has 1 aromatic carbocycles. The van der Waals surface area contributed by atoms with Crippen molar-refractivity contribution in [3.63, 3.8) is 0 Å². The monoisotopic (exact) mass is 346 g/mol. The third-order valence-corrected chi connectivity index (χ3v) is 4.52. The van der Waals surface area contributed by atoms with Gasteiger partial charge in [-0.2, -0.15) is 0 Å². The Labute approximate surface area is 142 Å². The maximum absolute atomic E-state index is 12.4. The molecule has 0 radical (unpaired) electrons. The zero-order valence-electron chi connectivity index (χ0n) is 12.1. The fraction of sp³-hybridized carbons (Fsp3) is 0.125. The van der Waals surface area contributed by atoms with Crippen molar-refractivity contribution >= 4 is 28.8 Å². The van der Waals surface area contributed by atoms with Gasteiger partial charge in [-0.3, -0.25) is 4.79 Å². The molecule has 7 heteroatoms. The molecular formula is C16H15ClN4OS. The average Bonchev–Trinajstić information content (AvgIpc) is 3.24. The minimum Gasteiger partial charge on any atom is -0.351 e. The molecule has 0 unspecified atom stereocenters. The van der Waals surface area contributed by atoms with Gasteiger partial charge in [0.25, 0.3) is 5.91 Å². The predicted octanol–water partition coefficient (Wildman–Crippen LogP) is 3.22. The third-order valence-electron chi connectivity index (χ3n) is 3.38. The van der Waals surface area contributed by atoms with Gasteiger partial charge in [0.05, 0.1) is 6.04 Å². The number of nitrogens with one attached hydrogen (secondary N) is 2. The zero-order valence-corrected chi connectivity index (χ0v) is 13.7. The van der Waals surface area contributed by atoms with Crippen LogP contribution in [0.1, 0.15) is 21.5 Å². The van der Waals surface area contributed by atoms with E-state index in [0.717, 1.165) is 16.3 Å². The van der Waals surface area contributed by atoms with Crippen molar-refractivity contribution < 1.29 is 4.79 Å². The van der Waals surface area contributed by atoms with E-state index in [0.29, 0.717) is 17.3 Å². The fourth-order valence-corrected chi connectivity index (χ4v) is 3.02. The van der Waals surface area contributed by atoms with E-state index in [9.17, 15) is 4.79 Å². The van der Waals surface area contributed by atoms with Crippen LogP contribution in [0.4, 0.5) is 0 Å². The second-order valence-electron chi connectivity index (χ2n) is 4.92. The molecule has 1 amide bonds. The Bertz CT molecular complexity index is 783. The lowest BCUT2D eigenvalue weighted by Gasteiger charge is -2.13.